The summed E-state index contributed by atoms with van der Waals surface area (Å²) < 4.78 is 0. The van der Waals surface area contributed by atoms with Gasteiger partial charge in [0.1, 0.15) is 11.3 Å². The van der Waals surface area contributed by atoms with Gasteiger partial charge < -0.3 is 26.0 Å². The fourth-order valence-electron chi connectivity index (χ4n) is 12.9. The third-order valence-corrected chi connectivity index (χ3v) is 15.3. The molecule has 0 saturated heterocycles. The largest absolute Gasteiger partial charge is 0.507 e. The molecule has 5 aliphatic rings. The number of hydrogen-bond acceptors (Lipinski definition) is 5. The number of phenols is 1. The van der Waals surface area contributed by atoms with Crippen molar-refractivity contribution in [2.75, 3.05) is 0 Å². The smallest absolute Gasteiger partial charge is 0.339 e. The topological polar surface area (TPSA) is 136 Å². The van der Waals surface area contributed by atoms with E-state index in [1.165, 1.54) is 37.8 Å². The van der Waals surface area contributed by atoms with Crippen LogP contribution in [0.15, 0.2) is 42.5 Å². The number of carbonyl (C=O) groups is 3. The summed E-state index contributed by atoms with van der Waals surface area (Å²) in [5.41, 5.74) is 1.90. The van der Waals surface area contributed by atoms with Crippen LogP contribution < -0.4 is 10.6 Å². The molecular formula is C42H56N2O6. The number of fused-ring (bicyclic) bond motifs is 7. The Kier molecular flexibility index (Phi) is 8.88. The number of rotatable bonds is 7. The SMILES string of the molecule is CC1(C)C(O)CCC2(C)C1CCC1(C)C3CCC4(C(=O)NCc5cccc(C(=O)NCc6ccc(O)c(C(=O)O)c6)c5)CCCC4C3CCC12. The van der Waals surface area contributed by atoms with Gasteiger partial charge in [0.2, 0.25) is 5.91 Å². The van der Waals surface area contributed by atoms with Crippen molar-refractivity contribution in [3.05, 3.63) is 64.7 Å². The monoisotopic (exact) mass is 684 g/mol. The van der Waals surface area contributed by atoms with Gasteiger partial charge in [-0.25, -0.2) is 4.79 Å². The average Bonchev–Trinajstić information content (AvgIpc) is 3.54. The van der Waals surface area contributed by atoms with Crippen molar-refractivity contribution in [1.29, 1.82) is 0 Å². The van der Waals surface area contributed by atoms with E-state index in [0.29, 0.717) is 52.7 Å². The minimum Gasteiger partial charge on any atom is -0.507 e. The minimum absolute atomic E-state index is 0.0402. The zero-order chi connectivity index (χ0) is 35.6. The maximum absolute atomic E-state index is 14.3. The van der Waals surface area contributed by atoms with Gasteiger partial charge in [0, 0.05) is 18.7 Å². The molecule has 0 heterocycles. The summed E-state index contributed by atoms with van der Waals surface area (Å²) >= 11 is 0. The number of hydrogen-bond donors (Lipinski definition) is 5. The van der Waals surface area contributed by atoms with Crippen LogP contribution in [0.3, 0.4) is 0 Å². The number of carbonyl (C=O) groups excluding carboxylic acids is 2. The van der Waals surface area contributed by atoms with E-state index in [9.17, 15) is 29.7 Å². The summed E-state index contributed by atoms with van der Waals surface area (Å²) in [7, 11) is 0. The lowest BCUT2D eigenvalue weighted by Crippen LogP contribution is -2.63. The van der Waals surface area contributed by atoms with Gasteiger partial charge >= 0.3 is 5.97 Å². The van der Waals surface area contributed by atoms with E-state index in [0.717, 1.165) is 50.5 Å². The maximum atomic E-state index is 14.3. The van der Waals surface area contributed by atoms with Gasteiger partial charge in [0.25, 0.3) is 5.91 Å². The van der Waals surface area contributed by atoms with Crippen LogP contribution in [0.4, 0.5) is 0 Å². The van der Waals surface area contributed by atoms with E-state index in [-0.39, 0.29) is 52.0 Å². The molecule has 2 aromatic rings. The zero-order valence-electron chi connectivity index (χ0n) is 30.3. The Morgan fingerprint density at radius 2 is 1.50 bits per heavy atom. The third-order valence-electron chi connectivity index (χ3n) is 15.3. The van der Waals surface area contributed by atoms with Gasteiger partial charge in [-0.2, -0.15) is 0 Å². The third kappa shape index (κ3) is 5.55. The molecule has 0 aromatic heterocycles. The quantitative estimate of drug-likeness (QED) is 0.205. The highest BCUT2D eigenvalue weighted by molar-refractivity contribution is 5.94. The molecule has 5 fully saturated rings. The van der Waals surface area contributed by atoms with Gasteiger partial charge in [-0.3, -0.25) is 9.59 Å². The molecule has 9 atom stereocenters. The van der Waals surface area contributed by atoms with E-state index in [2.05, 4.69) is 38.3 Å². The van der Waals surface area contributed by atoms with Gasteiger partial charge in [-0.05, 0) is 145 Å². The summed E-state index contributed by atoms with van der Waals surface area (Å²) in [6.45, 7) is 10.3. The Morgan fingerprint density at radius 3 is 2.28 bits per heavy atom. The molecule has 9 unspecified atom stereocenters. The number of aliphatic hydroxyl groups is 1. The fraction of sp³-hybridized carbons (Fsp3) is 0.643. The lowest BCUT2D eigenvalue weighted by molar-refractivity contribution is -0.214. The van der Waals surface area contributed by atoms with Crippen LogP contribution in [-0.2, 0) is 17.9 Å². The van der Waals surface area contributed by atoms with Crippen LogP contribution in [0, 0.1) is 51.2 Å². The van der Waals surface area contributed by atoms with E-state index in [1.807, 2.05) is 12.1 Å². The Hall–Kier alpha value is -3.39. The van der Waals surface area contributed by atoms with E-state index in [4.69, 9.17) is 0 Å². The van der Waals surface area contributed by atoms with Crippen molar-refractivity contribution < 1.29 is 29.7 Å². The van der Waals surface area contributed by atoms with Crippen molar-refractivity contribution in [3.63, 3.8) is 0 Å². The molecule has 5 aliphatic carbocycles. The standard InChI is InChI=1S/C42H56N2O6/c1-39(2)33-15-18-40(3)30-14-20-42(17-6-9-31(42)28(30)11-13-34(40)41(33,4)19-16-35(39)46)38(50)44-24-25-7-5-8-27(21-25)36(47)43-23-26-10-12-32(45)29(22-26)37(48)49/h5,7-8,10,12,21-22,28,30-31,33-35,45-46H,6,9,11,13-20,23-24H2,1-4H3,(H,43,47)(H,44,50)(H,48,49). The first kappa shape index (κ1) is 35.0. The summed E-state index contributed by atoms with van der Waals surface area (Å²) in [6.07, 6.45) is 12.0. The molecule has 2 amide bonds. The maximum Gasteiger partial charge on any atom is 0.339 e. The molecule has 7 rings (SSSR count). The van der Waals surface area contributed by atoms with Crippen molar-refractivity contribution in [1.82, 2.24) is 10.6 Å². The summed E-state index contributed by atoms with van der Waals surface area (Å²) in [6, 6.07) is 11.5. The van der Waals surface area contributed by atoms with Gasteiger partial charge in [0.05, 0.1) is 11.5 Å². The Balaban J connectivity index is 1.01. The molecule has 0 bridgehead atoms. The zero-order valence-corrected chi connectivity index (χ0v) is 30.3. The highest BCUT2D eigenvalue weighted by Crippen LogP contribution is 2.73. The molecule has 0 radical (unpaired) electrons. The van der Waals surface area contributed by atoms with Crippen LogP contribution in [-0.4, -0.2) is 39.2 Å². The molecular weight excluding hydrogens is 628 g/mol. The molecule has 8 nitrogen and oxygen atoms in total. The number of nitrogens with one attached hydrogen (secondary N) is 2. The molecule has 2 aromatic carbocycles. The lowest BCUT2D eigenvalue weighted by Gasteiger charge is -2.69. The number of aromatic hydroxyl groups is 1. The van der Waals surface area contributed by atoms with E-state index >= 15 is 0 Å². The van der Waals surface area contributed by atoms with Crippen LogP contribution in [0.2, 0.25) is 0 Å². The van der Waals surface area contributed by atoms with Gasteiger partial charge in [-0.1, -0.05) is 52.3 Å². The van der Waals surface area contributed by atoms with Crippen LogP contribution in [0.25, 0.3) is 0 Å². The van der Waals surface area contributed by atoms with Crippen LogP contribution >= 0.6 is 0 Å². The number of carboxylic acid groups (broad SMARTS) is 1. The van der Waals surface area contributed by atoms with Gasteiger partial charge in [0.15, 0.2) is 0 Å². The normalized spacial score (nSPS) is 37.0. The second-order valence-corrected chi connectivity index (χ2v) is 17.8. The highest BCUT2D eigenvalue weighted by atomic mass is 16.4. The summed E-state index contributed by atoms with van der Waals surface area (Å²) in [4.78, 5) is 38.6. The molecule has 50 heavy (non-hydrogen) atoms. The van der Waals surface area contributed by atoms with Crippen molar-refractivity contribution in [3.8, 4) is 5.75 Å². The molecule has 0 aliphatic heterocycles. The predicted molar refractivity (Wildman–Crippen MR) is 191 cm³/mol. The van der Waals surface area contributed by atoms with Crippen molar-refractivity contribution >= 4 is 17.8 Å². The van der Waals surface area contributed by atoms with Crippen LogP contribution in [0.1, 0.15) is 130 Å². The number of carboxylic acids is 1. The van der Waals surface area contributed by atoms with Crippen molar-refractivity contribution in [2.24, 2.45) is 51.2 Å². The molecule has 5 N–H and O–H groups in total. The Morgan fingerprint density at radius 1 is 0.760 bits per heavy atom. The second kappa shape index (κ2) is 12.7. The first-order chi connectivity index (χ1) is 23.7. The summed E-state index contributed by atoms with van der Waals surface area (Å²) in [5.74, 6) is 1.25. The molecule has 270 valence electrons. The predicted octanol–water partition coefficient (Wildman–Crippen LogP) is 7.46. The first-order valence-corrected chi connectivity index (χ1v) is 19.1. The minimum atomic E-state index is -1.23. The molecule has 5 saturated carbocycles. The Labute approximate surface area is 296 Å². The number of amides is 2. The van der Waals surface area contributed by atoms with Gasteiger partial charge in [-0.15, -0.1) is 0 Å². The molecule has 8 heteroatoms. The summed E-state index contributed by atoms with van der Waals surface area (Å²) in [5, 5.41) is 36.2. The molecule has 0 spiro atoms. The average molecular weight is 685 g/mol. The fourth-order valence-corrected chi connectivity index (χ4v) is 12.9. The first-order valence-electron chi connectivity index (χ1n) is 19.1. The second-order valence-electron chi connectivity index (χ2n) is 17.8. The highest BCUT2D eigenvalue weighted by Gasteiger charge is 2.67. The van der Waals surface area contributed by atoms with E-state index in [1.54, 1.807) is 18.2 Å². The number of aliphatic hydroxyl groups excluding tert-OH is 1. The number of benzene rings is 2. The van der Waals surface area contributed by atoms with Crippen molar-refractivity contribution in [2.45, 2.75) is 118 Å². The van der Waals surface area contributed by atoms with Crippen LogP contribution in [0.5, 0.6) is 5.75 Å². The lowest BCUT2D eigenvalue weighted by atomic mass is 9.36. The number of aromatic carboxylic acids is 1. The van der Waals surface area contributed by atoms with E-state index < -0.39 is 5.97 Å². The Bertz CT molecular complexity index is 1670.